The van der Waals surface area contributed by atoms with E-state index in [1.807, 2.05) is 26.0 Å². The fraction of sp³-hybridized carbons (Fsp3) is 0.562. The molecular weight excluding hydrogens is 314 g/mol. The summed E-state index contributed by atoms with van der Waals surface area (Å²) in [6.45, 7) is 5.82. The number of hydrogen-bond donors (Lipinski definition) is 0. The van der Waals surface area contributed by atoms with Crippen molar-refractivity contribution >= 4 is 27.8 Å². The van der Waals surface area contributed by atoms with Crippen LogP contribution in [0.5, 0.6) is 5.88 Å². The third kappa shape index (κ3) is 4.10. The number of likely N-dealkylation sites (tertiary alicyclic amines) is 1. The van der Waals surface area contributed by atoms with Crippen molar-refractivity contribution in [1.29, 1.82) is 0 Å². The predicted molar refractivity (Wildman–Crippen MR) is 87.7 cm³/mol. The first-order valence-electron chi connectivity index (χ1n) is 7.84. The number of fused-ring (bicyclic) bond motifs is 1. The summed E-state index contributed by atoms with van der Waals surface area (Å²) in [5.41, 5.74) is 3.66. The quantitative estimate of drug-likeness (QED) is 0.859. The molecule has 0 atom stereocenters. The molecule has 6 nitrogen and oxygen atoms in total. The highest BCUT2D eigenvalue weighted by atomic mass is 32.1. The van der Waals surface area contributed by atoms with Crippen LogP contribution in [0, 0.1) is 11.4 Å². The molecule has 1 fully saturated rings. The lowest BCUT2D eigenvalue weighted by molar-refractivity contribution is 0.0607. The number of piperidine rings is 1. The van der Waals surface area contributed by atoms with Gasteiger partial charge >= 0.3 is 6.09 Å². The summed E-state index contributed by atoms with van der Waals surface area (Å²) in [5.74, 6) is 0.959. The molecule has 1 amide bonds. The highest BCUT2D eigenvalue weighted by Gasteiger charge is 2.25. The fourth-order valence-electron chi connectivity index (χ4n) is 2.41. The molecule has 0 N–H and O–H groups in total. The lowest BCUT2D eigenvalue weighted by atomic mass is 10.1. The molecule has 0 bridgehead atoms. The number of nitrogens with zero attached hydrogens (tertiary/aromatic N) is 3. The molecule has 0 spiro atoms. The van der Waals surface area contributed by atoms with Gasteiger partial charge in [0.1, 0.15) is 16.5 Å². The zero-order valence-electron chi connectivity index (χ0n) is 13.3. The first-order chi connectivity index (χ1) is 11.1. The molecule has 1 saturated heterocycles. The highest BCUT2D eigenvalue weighted by molar-refractivity contribution is 7.15. The van der Waals surface area contributed by atoms with Gasteiger partial charge in [-0.25, -0.2) is 14.8 Å². The highest BCUT2D eigenvalue weighted by Crippen LogP contribution is 2.22. The molecule has 7 heteroatoms. The number of ether oxygens (including phenoxy) is 2. The van der Waals surface area contributed by atoms with Gasteiger partial charge in [0.2, 0.25) is 5.88 Å². The molecule has 1 aliphatic rings. The van der Waals surface area contributed by atoms with Gasteiger partial charge in [-0.1, -0.05) is 25.2 Å². The van der Waals surface area contributed by atoms with Crippen LogP contribution in [-0.2, 0) is 4.74 Å². The van der Waals surface area contributed by atoms with Gasteiger partial charge in [0.15, 0.2) is 5.51 Å². The summed E-state index contributed by atoms with van der Waals surface area (Å²) in [5, 5.41) is 0. The van der Waals surface area contributed by atoms with E-state index >= 15 is 0 Å². The van der Waals surface area contributed by atoms with Crippen LogP contribution in [0.25, 0.3) is 10.3 Å². The average molecular weight is 334 g/mol. The number of rotatable bonds is 4. The van der Waals surface area contributed by atoms with Gasteiger partial charge in [0.05, 0.1) is 6.61 Å². The van der Waals surface area contributed by atoms with Crippen molar-refractivity contribution in [2.75, 3.05) is 19.7 Å². The molecule has 2 aromatic rings. The first kappa shape index (κ1) is 16.0. The zero-order valence-corrected chi connectivity index (χ0v) is 14.1. The third-order valence-corrected chi connectivity index (χ3v) is 4.33. The van der Waals surface area contributed by atoms with Crippen molar-refractivity contribution in [2.24, 2.45) is 5.92 Å². The molecule has 0 aromatic carbocycles. The monoisotopic (exact) mass is 334 g/mol. The molecule has 23 heavy (non-hydrogen) atoms. The van der Waals surface area contributed by atoms with Crippen LogP contribution in [0.3, 0.4) is 0 Å². The van der Waals surface area contributed by atoms with Gasteiger partial charge in [-0.05, 0) is 12.0 Å². The lowest BCUT2D eigenvalue weighted by Crippen LogP contribution is -2.42. The topological polar surface area (TPSA) is 64.5 Å². The van der Waals surface area contributed by atoms with Crippen molar-refractivity contribution in [3.05, 3.63) is 17.6 Å². The van der Waals surface area contributed by atoms with Crippen molar-refractivity contribution in [3.8, 4) is 5.88 Å². The Balaban J connectivity index is 1.49. The van der Waals surface area contributed by atoms with Crippen LogP contribution in [0.2, 0.25) is 0 Å². The van der Waals surface area contributed by atoms with Crippen LogP contribution < -0.4 is 4.74 Å². The smallest absolute Gasteiger partial charge is 0.409 e. The van der Waals surface area contributed by atoms with Gasteiger partial charge in [-0.3, -0.25) is 0 Å². The van der Waals surface area contributed by atoms with E-state index in [0.29, 0.717) is 31.5 Å². The number of carbonyl (C=O) groups excluding carboxylic acids is 1. The summed E-state index contributed by atoms with van der Waals surface area (Å²) in [7, 11) is 0. The van der Waals surface area contributed by atoms with Crippen LogP contribution >= 0.6 is 11.3 Å². The van der Waals surface area contributed by atoms with Crippen LogP contribution in [0.1, 0.15) is 26.7 Å². The zero-order chi connectivity index (χ0) is 16.2. The molecule has 1 aliphatic heterocycles. The summed E-state index contributed by atoms with van der Waals surface area (Å²) in [6.07, 6.45) is 1.42. The van der Waals surface area contributed by atoms with Crippen molar-refractivity contribution in [2.45, 2.75) is 32.8 Å². The summed E-state index contributed by atoms with van der Waals surface area (Å²) >= 11 is 1.38. The molecule has 0 saturated carbocycles. The minimum absolute atomic E-state index is 0.0750. The first-order valence-corrected chi connectivity index (χ1v) is 8.65. The Morgan fingerprint density at radius 1 is 1.43 bits per heavy atom. The molecule has 3 rings (SSSR count). The van der Waals surface area contributed by atoms with Crippen molar-refractivity contribution in [3.63, 3.8) is 0 Å². The molecular formula is C16H20N3O3S. The van der Waals surface area contributed by atoms with E-state index in [9.17, 15) is 4.79 Å². The Morgan fingerprint density at radius 2 is 2.22 bits per heavy atom. The lowest BCUT2D eigenvalue weighted by Gasteiger charge is -2.31. The van der Waals surface area contributed by atoms with Gasteiger partial charge in [0.25, 0.3) is 0 Å². The minimum Gasteiger partial charge on any atom is -0.474 e. The summed E-state index contributed by atoms with van der Waals surface area (Å²) < 4.78 is 11.2. The number of pyridine rings is 1. The van der Waals surface area contributed by atoms with E-state index < -0.39 is 0 Å². The fourth-order valence-corrected chi connectivity index (χ4v) is 3.00. The maximum Gasteiger partial charge on any atom is 0.409 e. The number of carbonyl (C=O) groups is 1. The molecule has 2 aromatic heterocycles. The van der Waals surface area contributed by atoms with Gasteiger partial charge in [-0.15, -0.1) is 0 Å². The van der Waals surface area contributed by atoms with Crippen molar-refractivity contribution < 1.29 is 14.3 Å². The molecule has 123 valence electrons. The molecule has 1 radical (unpaired) electrons. The second-order valence-corrected chi connectivity index (χ2v) is 6.83. The van der Waals surface area contributed by atoms with Crippen LogP contribution in [0.4, 0.5) is 4.79 Å². The number of thiazole rings is 1. The molecule has 0 aliphatic carbocycles. The summed E-state index contributed by atoms with van der Waals surface area (Å²) in [4.78, 5) is 23.0. The Labute approximate surface area is 139 Å². The Morgan fingerprint density at radius 3 is 2.96 bits per heavy atom. The minimum atomic E-state index is -0.225. The van der Waals surface area contributed by atoms with Gasteiger partial charge < -0.3 is 14.4 Å². The van der Waals surface area contributed by atoms with Gasteiger partial charge in [0, 0.05) is 32.0 Å². The maximum absolute atomic E-state index is 11.9. The average Bonchev–Trinajstić information content (AvgIpc) is 3.01. The van der Waals surface area contributed by atoms with E-state index in [-0.39, 0.29) is 12.2 Å². The normalized spacial score (nSPS) is 16.0. The van der Waals surface area contributed by atoms with E-state index in [0.717, 1.165) is 23.2 Å². The standard InChI is InChI=1S/C16H20N3O3S/c1-11(2)9-21-16(20)19-7-5-12(6-8-19)22-14-4-3-13-15(18-14)23-10-17-13/h3-4,11-12H,5-9H2,1-2H3. The van der Waals surface area contributed by atoms with E-state index in [2.05, 4.69) is 15.5 Å². The largest absolute Gasteiger partial charge is 0.474 e. The Bertz CT molecular complexity index is 665. The van der Waals surface area contributed by atoms with E-state index in [1.165, 1.54) is 11.3 Å². The maximum atomic E-state index is 11.9. The molecule has 0 unspecified atom stereocenters. The second kappa shape index (κ2) is 7.12. The molecule has 3 heterocycles. The van der Waals surface area contributed by atoms with E-state index in [4.69, 9.17) is 9.47 Å². The Hall–Kier alpha value is -1.89. The predicted octanol–water partition coefficient (Wildman–Crippen LogP) is 3.13. The van der Waals surface area contributed by atoms with Gasteiger partial charge in [-0.2, -0.15) is 0 Å². The summed E-state index contributed by atoms with van der Waals surface area (Å²) in [6, 6.07) is 3.72. The third-order valence-electron chi connectivity index (χ3n) is 3.65. The van der Waals surface area contributed by atoms with Crippen molar-refractivity contribution in [1.82, 2.24) is 14.9 Å². The number of amides is 1. The number of hydrogen-bond acceptors (Lipinski definition) is 6. The SMILES string of the molecule is CC(C)COC(=O)N1CCC(Oc2ccc3n[c]sc3n2)CC1. The Kier molecular flexibility index (Phi) is 4.95. The second-order valence-electron chi connectivity index (χ2n) is 6.05. The van der Waals surface area contributed by atoms with E-state index in [1.54, 1.807) is 4.90 Å². The van der Waals surface area contributed by atoms with Crippen LogP contribution in [0.15, 0.2) is 12.1 Å². The number of aromatic nitrogens is 2. The van der Waals surface area contributed by atoms with Crippen LogP contribution in [-0.4, -0.2) is 46.8 Å².